The van der Waals surface area contributed by atoms with E-state index >= 15 is 0 Å². The fourth-order valence-electron chi connectivity index (χ4n) is 2.86. The van der Waals surface area contributed by atoms with Crippen LogP contribution >= 0.6 is 0 Å². The Kier molecular flexibility index (Phi) is 4.46. The molecule has 7 heteroatoms. The molecule has 0 saturated heterocycles. The topological polar surface area (TPSA) is 76.6 Å². The second-order valence-corrected chi connectivity index (χ2v) is 6.14. The van der Waals surface area contributed by atoms with Gasteiger partial charge >= 0.3 is 0 Å². The molecule has 0 spiro atoms. The van der Waals surface area contributed by atoms with Gasteiger partial charge in [0, 0.05) is 30.1 Å². The summed E-state index contributed by atoms with van der Waals surface area (Å²) in [5.41, 5.74) is 1.59. The summed E-state index contributed by atoms with van der Waals surface area (Å²) in [5.74, 6) is -0.651. The SMILES string of the molecule is Cc1c(C(=O)N(C)C(C)c2cccc([N+](=O)[O-])c2)oc2ccc(F)cc12. The van der Waals surface area contributed by atoms with Crippen molar-refractivity contribution < 1.29 is 18.5 Å². The summed E-state index contributed by atoms with van der Waals surface area (Å²) in [4.78, 5) is 24.8. The fourth-order valence-corrected chi connectivity index (χ4v) is 2.86. The molecule has 3 aromatic rings. The van der Waals surface area contributed by atoms with Gasteiger partial charge < -0.3 is 9.32 Å². The molecule has 0 aliphatic carbocycles. The average molecular weight is 356 g/mol. The van der Waals surface area contributed by atoms with Crippen molar-refractivity contribution in [3.05, 3.63) is 75.3 Å². The Labute approximate surface area is 149 Å². The first-order valence-corrected chi connectivity index (χ1v) is 7.99. The molecule has 26 heavy (non-hydrogen) atoms. The smallest absolute Gasteiger partial charge is 0.290 e. The normalized spacial score (nSPS) is 12.2. The average Bonchev–Trinajstić information content (AvgIpc) is 2.96. The van der Waals surface area contributed by atoms with Crippen molar-refractivity contribution in [3.63, 3.8) is 0 Å². The Morgan fingerprint density at radius 1 is 1.27 bits per heavy atom. The molecular formula is C19H17FN2O4. The quantitative estimate of drug-likeness (QED) is 0.505. The molecular weight excluding hydrogens is 339 g/mol. The minimum Gasteiger partial charge on any atom is -0.451 e. The van der Waals surface area contributed by atoms with Gasteiger partial charge in [-0.15, -0.1) is 0 Å². The van der Waals surface area contributed by atoms with Crippen LogP contribution in [0.25, 0.3) is 11.0 Å². The lowest BCUT2D eigenvalue weighted by Gasteiger charge is -2.24. The second-order valence-electron chi connectivity index (χ2n) is 6.14. The minimum absolute atomic E-state index is 0.0365. The Morgan fingerprint density at radius 3 is 2.69 bits per heavy atom. The van der Waals surface area contributed by atoms with E-state index in [0.29, 0.717) is 22.1 Å². The Bertz CT molecular complexity index is 1010. The summed E-state index contributed by atoms with van der Waals surface area (Å²) in [6, 6.07) is 9.82. The van der Waals surface area contributed by atoms with E-state index in [9.17, 15) is 19.3 Å². The number of nitro benzene ring substituents is 1. The molecule has 1 amide bonds. The van der Waals surface area contributed by atoms with Gasteiger partial charge in [-0.1, -0.05) is 12.1 Å². The minimum atomic E-state index is -0.476. The molecule has 1 unspecified atom stereocenters. The first kappa shape index (κ1) is 17.6. The number of hydrogen-bond acceptors (Lipinski definition) is 4. The van der Waals surface area contributed by atoms with Crippen LogP contribution in [0.4, 0.5) is 10.1 Å². The standard InChI is InChI=1S/C19H17FN2O4/c1-11-16-10-14(20)7-8-17(16)26-18(11)19(23)21(3)12(2)13-5-4-6-15(9-13)22(24)25/h4-10,12H,1-3H3. The van der Waals surface area contributed by atoms with Crippen molar-refractivity contribution in [2.75, 3.05) is 7.05 Å². The number of non-ortho nitro benzene ring substituents is 1. The molecule has 134 valence electrons. The van der Waals surface area contributed by atoms with Crippen LogP contribution in [0.15, 0.2) is 46.9 Å². The number of aryl methyl sites for hydroxylation is 1. The summed E-state index contributed by atoms with van der Waals surface area (Å²) >= 11 is 0. The number of carbonyl (C=O) groups is 1. The van der Waals surface area contributed by atoms with Crippen LogP contribution in [0.5, 0.6) is 0 Å². The number of nitrogens with zero attached hydrogens (tertiary/aromatic N) is 2. The zero-order valence-electron chi connectivity index (χ0n) is 14.5. The largest absolute Gasteiger partial charge is 0.451 e. The van der Waals surface area contributed by atoms with E-state index in [1.807, 2.05) is 0 Å². The zero-order valence-corrected chi connectivity index (χ0v) is 14.5. The van der Waals surface area contributed by atoms with Crippen LogP contribution in [0.3, 0.4) is 0 Å². The highest BCUT2D eigenvalue weighted by molar-refractivity contribution is 5.99. The maximum atomic E-state index is 13.4. The Balaban J connectivity index is 1.93. The molecule has 0 radical (unpaired) electrons. The monoisotopic (exact) mass is 356 g/mol. The molecule has 1 aromatic heterocycles. The number of fused-ring (bicyclic) bond motifs is 1. The number of carbonyl (C=O) groups excluding carboxylic acids is 1. The number of amides is 1. The van der Waals surface area contributed by atoms with Crippen molar-refractivity contribution in [2.45, 2.75) is 19.9 Å². The molecule has 0 aliphatic heterocycles. The lowest BCUT2D eigenvalue weighted by molar-refractivity contribution is -0.384. The lowest BCUT2D eigenvalue weighted by Crippen LogP contribution is -2.29. The zero-order chi connectivity index (χ0) is 19.0. The van der Waals surface area contributed by atoms with E-state index in [1.54, 1.807) is 33.0 Å². The van der Waals surface area contributed by atoms with Crippen LogP contribution in [0.2, 0.25) is 0 Å². The highest BCUT2D eigenvalue weighted by atomic mass is 19.1. The third-order valence-corrected chi connectivity index (χ3v) is 4.56. The molecule has 0 bridgehead atoms. The van der Waals surface area contributed by atoms with Crippen molar-refractivity contribution in [1.82, 2.24) is 4.90 Å². The van der Waals surface area contributed by atoms with Gasteiger partial charge in [0.15, 0.2) is 5.76 Å². The Morgan fingerprint density at radius 2 is 2.00 bits per heavy atom. The highest BCUT2D eigenvalue weighted by Gasteiger charge is 2.25. The lowest BCUT2D eigenvalue weighted by atomic mass is 10.1. The molecule has 3 rings (SSSR count). The van der Waals surface area contributed by atoms with E-state index in [4.69, 9.17) is 4.42 Å². The number of furan rings is 1. The maximum Gasteiger partial charge on any atom is 0.290 e. The number of rotatable bonds is 4. The van der Waals surface area contributed by atoms with E-state index in [1.165, 1.54) is 35.2 Å². The molecule has 0 aliphatic rings. The molecule has 0 N–H and O–H groups in total. The van der Waals surface area contributed by atoms with Crippen LogP contribution < -0.4 is 0 Å². The van der Waals surface area contributed by atoms with Gasteiger partial charge in [0.2, 0.25) is 0 Å². The van der Waals surface area contributed by atoms with Crippen LogP contribution in [0.1, 0.15) is 34.6 Å². The van der Waals surface area contributed by atoms with Gasteiger partial charge in [0.1, 0.15) is 11.4 Å². The number of benzene rings is 2. The van der Waals surface area contributed by atoms with Gasteiger partial charge in [-0.2, -0.15) is 0 Å². The van der Waals surface area contributed by atoms with Gasteiger partial charge in [-0.3, -0.25) is 14.9 Å². The van der Waals surface area contributed by atoms with E-state index in [0.717, 1.165) is 0 Å². The number of hydrogen-bond donors (Lipinski definition) is 0. The van der Waals surface area contributed by atoms with Gasteiger partial charge in [-0.05, 0) is 37.6 Å². The molecule has 1 atom stereocenters. The summed E-state index contributed by atoms with van der Waals surface area (Å²) in [6.45, 7) is 3.47. The molecule has 2 aromatic carbocycles. The molecule has 0 fully saturated rings. The van der Waals surface area contributed by atoms with Crippen molar-refractivity contribution >= 4 is 22.6 Å². The predicted octanol–water partition coefficient (Wildman–Crippen LogP) is 4.62. The van der Waals surface area contributed by atoms with E-state index in [-0.39, 0.29) is 17.4 Å². The highest BCUT2D eigenvalue weighted by Crippen LogP contribution is 2.29. The van der Waals surface area contributed by atoms with Crippen molar-refractivity contribution in [2.24, 2.45) is 0 Å². The van der Waals surface area contributed by atoms with Crippen LogP contribution in [0, 0.1) is 22.9 Å². The first-order chi connectivity index (χ1) is 12.3. The van der Waals surface area contributed by atoms with E-state index < -0.39 is 16.8 Å². The summed E-state index contributed by atoms with van der Waals surface area (Å²) < 4.78 is 19.1. The second kappa shape index (κ2) is 6.59. The van der Waals surface area contributed by atoms with Gasteiger partial charge in [0.05, 0.1) is 11.0 Å². The molecule has 1 heterocycles. The van der Waals surface area contributed by atoms with Gasteiger partial charge in [0.25, 0.3) is 11.6 Å². The van der Waals surface area contributed by atoms with Crippen molar-refractivity contribution in [1.29, 1.82) is 0 Å². The third-order valence-electron chi connectivity index (χ3n) is 4.56. The third kappa shape index (κ3) is 3.03. The summed E-state index contributed by atoms with van der Waals surface area (Å²) in [6.07, 6.45) is 0. The number of nitro groups is 1. The first-order valence-electron chi connectivity index (χ1n) is 7.99. The summed E-state index contributed by atoms with van der Waals surface area (Å²) in [7, 11) is 1.60. The van der Waals surface area contributed by atoms with Crippen LogP contribution in [-0.2, 0) is 0 Å². The number of halogens is 1. The van der Waals surface area contributed by atoms with Gasteiger partial charge in [-0.25, -0.2) is 4.39 Å². The fraction of sp³-hybridized carbons (Fsp3) is 0.211. The predicted molar refractivity (Wildman–Crippen MR) is 94.5 cm³/mol. The molecule has 6 nitrogen and oxygen atoms in total. The maximum absolute atomic E-state index is 13.4. The Hall–Kier alpha value is -3.22. The van der Waals surface area contributed by atoms with Crippen LogP contribution in [-0.4, -0.2) is 22.8 Å². The molecule has 0 saturated carbocycles. The summed E-state index contributed by atoms with van der Waals surface area (Å²) in [5, 5.41) is 11.5. The van der Waals surface area contributed by atoms with E-state index in [2.05, 4.69) is 0 Å². The van der Waals surface area contributed by atoms with Crippen molar-refractivity contribution in [3.8, 4) is 0 Å².